The second-order valence-corrected chi connectivity index (χ2v) is 7.99. The quantitative estimate of drug-likeness (QED) is 0.234. The first-order chi connectivity index (χ1) is 17.0. The lowest BCUT2D eigenvalue weighted by atomic mass is 10.1. The highest BCUT2D eigenvalue weighted by Gasteiger charge is 2.13. The maximum Gasteiger partial charge on any atom is 0.331 e. The molecule has 0 spiro atoms. The van der Waals surface area contributed by atoms with Crippen molar-refractivity contribution >= 4 is 22.9 Å². The SMILES string of the molecule is COc1ccc(CCn2c(=O)c3ccccc3n(Cc3ccc(C=CC(=O)NO)cc3)c2=O)cc1. The van der Waals surface area contributed by atoms with Crippen molar-refractivity contribution in [2.75, 3.05) is 7.11 Å². The molecule has 0 radical (unpaired) electrons. The molecule has 0 saturated carbocycles. The molecule has 1 heterocycles. The Kier molecular flexibility index (Phi) is 7.23. The first-order valence-corrected chi connectivity index (χ1v) is 11.1. The Bertz CT molecular complexity index is 1480. The predicted molar refractivity (Wildman–Crippen MR) is 134 cm³/mol. The third-order valence-corrected chi connectivity index (χ3v) is 5.77. The van der Waals surface area contributed by atoms with Gasteiger partial charge in [-0.25, -0.2) is 10.3 Å². The Balaban J connectivity index is 1.65. The van der Waals surface area contributed by atoms with Gasteiger partial charge in [0.15, 0.2) is 0 Å². The number of amides is 1. The van der Waals surface area contributed by atoms with Crippen LogP contribution in [0.3, 0.4) is 0 Å². The van der Waals surface area contributed by atoms with E-state index in [0.717, 1.165) is 22.4 Å². The number of rotatable bonds is 8. The predicted octanol–water partition coefficient (Wildman–Crippen LogP) is 2.98. The minimum absolute atomic E-state index is 0.255. The van der Waals surface area contributed by atoms with Crippen molar-refractivity contribution in [2.45, 2.75) is 19.5 Å². The maximum absolute atomic E-state index is 13.4. The standard InChI is InChI=1S/C27H25N3O5/c1-35-22-13-10-20(11-14-22)16-17-29-26(32)23-4-2-3-5-24(23)30(27(29)33)18-21-8-6-19(7-9-21)12-15-25(31)28-34/h2-15,34H,16-18H2,1H3,(H,28,31). The molecule has 1 aromatic heterocycles. The minimum atomic E-state index is -0.621. The third-order valence-electron chi connectivity index (χ3n) is 5.77. The van der Waals surface area contributed by atoms with Crippen molar-refractivity contribution in [2.24, 2.45) is 0 Å². The van der Waals surface area contributed by atoms with Gasteiger partial charge in [0.05, 0.1) is 24.6 Å². The van der Waals surface area contributed by atoms with Gasteiger partial charge in [-0.3, -0.25) is 23.9 Å². The number of hydrogen-bond acceptors (Lipinski definition) is 5. The lowest BCUT2D eigenvalue weighted by Gasteiger charge is -2.14. The van der Waals surface area contributed by atoms with Gasteiger partial charge in [0.25, 0.3) is 11.5 Å². The second kappa shape index (κ2) is 10.7. The summed E-state index contributed by atoms with van der Waals surface area (Å²) in [5, 5.41) is 9.07. The summed E-state index contributed by atoms with van der Waals surface area (Å²) in [7, 11) is 1.60. The summed E-state index contributed by atoms with van der Waals surface area (Å²) in [5.41, 5.74) is 4.06. The molecular weight excluding hydrogens is 446 g/mol. The van der Waals surface area contributed by atoms with E-state index in [2.05, 4.69) is 0 Å². The molecule has 8 nitrogen and oxygen atoms in total. The van der Waals surface area contributed by atoms with Crippen molar-refractivity contribution in [3.8, 4) is 5.75 Å². The topological polar surface area (TPSA) is 103 Å². The highest BCUT2D eigenvalue weighted by atomic mass is 16.5. The lowest BCUT2D eigenvalue weighted by molar-refractivity contribution is -0.124. The smallest absolute Gasteiger partial charge is 0.331 e. The van der Waals surface area contributed by atoms with Gasteiger partial charge in [-0.05, 0) is 53.5 Å². The van der Waals surface area contributed by atoms with E-state index < -0.39 is 5.91 Å². The van der Waals surface area contributed by atoms with Gasteiger partial charge < -0.3 is 4.74 Å². The number of para-hydroxylation sites is 1. The van der Waals surface area contributed by atoms with Gasteiger partial charge in [0.1, 0.15) is 5.75 Å². The van der Waals surface area contributed by atoms with Crippen molar-refractivity contribution in [3.05, 3.63) is 116 Å². The lowest BCUT2D eigenvalue weighted by Crippen LogP contribution is -2.40. The molecule has 0 aliphatic carbocycles. The van der Waals surface area contributed by atoms with Crippen LogP contribution in [0.2, 0.25) is 0 Å². The Labute approximate surface area is 201 Å². The highest BCUT2D eigenvalue weighted by molar-refractivity contribution is 5.90. The van der Waals surface area contributed by atoms with E-state index in [4.69, 9.17) is 9.94 Å². The summed E-state index contributed by atoms with van der Waals surface area (Å²) in [6, 6.07) is 22.0. The third kappa shape index (κ3) is 5.39. The fraction of sp³-hybridized carbons (Fsp3) is 0.148. The summed E-state index contributed by atoms with van der Waals surface area (Å²) >= 11 is 0. The van der Waals surface area contributed by atoms with Crippen LogP contribution in [0.1, 0.15) is 16.7 Å². The van der Waals surface area contributed by atoms with Crippen molar-refractivity contribution < 1.29 is 14.7 Å². The molecule has 0 aliphatic heterocycles. The number of benzene rings is 3. The van der Waals surface area contributed by atoms with E-state index >= 15 is 0 Å². The Hall–Kier alpha value is -4.43. The first kappa shape index (κ1) is 23.7. The Morgan fingerprint density at radius 2 is 1.63 bits per heavy atom. The van der Waals surface area contributed by atoms with E-state index in [1.807, 2.05) is 48.5 Å². The molecule has 0 saturated heterocycles. The Morgan fingerprint density at radius 1 is 0.943 bits per heavy atom. The molecular formula is C27H25N3O5. The molecule has 8 heteroatoms. The molecule has 0 bridgehead atoms. The van der Waals surface area contributed by atoms with E-state index in [-0.39, 0.29) is 24.3 Å². The zero-order valence-corrected chi connectivity index (χ0v) is 19.2. The van der Waals surface area contributed by atoms with Crippen LogP contribution in [-0.2, 0) is 24.3 Å². The number of carbonyl (C=O) groups is 1. The maximum atomic E-state index is 13.4. The fourth-order valence-electron chi connectivity index (χ4n) is 3.88. The van der Waals surface area contributed by atoms with E-state index in [1.165, 1.54) is 10.6 Å². The Morgan fingerprint density at radius 3 is 2.31 bits per heavy atom. The molecule has 2 N–H and O–H groups in total. The van der Waals surface area contributed by atoms with Crippen molar-refractivity contribution in [1.29, 1.82) is 0 Å². The minimum Gasteiger partial charge on any atom is -0.497 e. The average Bonchev–Trinajstić information content (AvgIpc) is 2.90. The number of fused-ring (bicyclic) bond motifs is 1. The van der Waals surface area contributed by atoms with E-state index in [9.17, 15) is 14.4 Å². The van der Waals surface area contributed by atoms with Gasteiger partial charge >= 0.3 is 5.69 Å². The summed E-state index contributed by atoms with van der Waals surface area (Å²) < 4.78 is 8.08. The molecule has 0 atom stereocenters. The van der Waals surface area contributed by atoms with Gasteiger partial charge in [0, 0.05) is 12.6 Å². The van der Waals surface area contributed by atoms with Crippen LogP contribution in [0.4, 0.5) is 0 Å². The largest absolute Gasteiger partial charge is 0.497 e. The second-order valence-electron chi connectivity index (χ2n) is 7.99. The number of nitrogens with one attached hydrogen (secondary N) is 1. The zero-order chi connectivity index (χ0) is 24.8. The summed E-state index contributed by atoms with van der Waals surface area (Å²) in [5.74, 6) is 0.126. The number of methoxy groups -OCH3 is 1. The number of carbonyl (C=O) groups excluding carboxylic acids is 1. The van der Waals surface area contributed by atoms with Gasteiger partial charge in [-0.1, -0.05) is 48.5 Å². The van der Waals surface area contributed by atoms with Crippen LogP contribution >= 0.6 is 0 Å². The van der Waals surface area contributed by atoms with Crippen LogP contribution in [-0.4, -0.2) is 27.4 Å². The zero-order valence-electron chi connectivity index (χ0n) is 19.2. The van der Waals surface area contributed by atoms with Crippen molar-refractivity contribution in [1.82, 2.24) is 14.6 Å². The molecule has 35 heavy (non-hydrogen) atoms. The van der Waals surface area contributed by atoms with Crippen LogP contribution in [0, 0.1) is 0 Å². The fourth-order valence-corrected chi connectivity index (χ4v) is 3.88. The molecule has 0 aliphatic rings. The number of aromatic nitrogens is 2. The molecule has 4 rings (SSSR count). The van der Waals surface area contributed by atoms with Gasteiger partial charge in [-0.15, -0.1) is 0 Å². The van der Waals surface area contributed by atoms with Crippen LogP contribution in [0.15, 0.2) is 88.5 Å². The number of hydroxylamine groups is 1. The molecule has 3 aromatic carbocycles. The van der Waals surface area contributed by atoms with Crippen LogP contribution in [0.25, 0.3) is 17.0 Å². The van der Waals surface area contributed by atoms with Gasteiger partial charge in [-0.2, -0.15) is 0 Å². The number of ether oxygens (including phenoxy) is 1. The normalized spacial score (nSPS) is 11.1. The highest BCUT2D eigenvalue weighted by Crippen LogP contribution is 2.14. The molecule has 4 aromatic rings. The van der Waals surface area contributed by atoms with Gasteiger partial charge in [0.2, 0.25) is 0 Å². The van der Waals surface area contributed by atoms with E-state index in [1.54, 1.807) is 47.5 Å². The van der Waals surface area contributed by atoms with Crippen LogP contribution < -0.4 is 21.5 Å². The molecule has 0 fully saturated rings. The monoisotopic (exact) mass is 471 g/mol. The molecule has 0 unspecified atom stereocenters. The summed E-state index contributed by atoms with van der Waals surface area (Å²) in [6.07, 6.45) is 3.31. The van der Waals surface area contributed by atoms with E-state index in [0.29, 0.717) is 17.3 Å². The first-order valence-electron chi connectivity index (χ1n) is 11.1. The van der Waals surface area contributed by atoms with Crippen LogP contribution in [0.5, 0.6) is 5.75 Å². The number of aryl methyl sites for hydroxylation is 1. The number of hydrogen-bond donors (Lipinski definition) is 2. The molecule has 178 valence electrons. The molecule has 1 amide bonds. The average molecular weight is 472 g/mol. The summed E-state index contributed by atoms with van der Waals surface area (Å²) in [6.45, 7) is 0.536. The van der Waals surface area contributed by atoms with Crippen molar-refractivity contribution in [3.63, 3.8) is 0 Å². The summed E-state index contributed by atoms with van der Waals surface area (Å²) in [4.78, 5) is 37.7. The number of nitrogens with zero attached hydrogens (tertiary/aromatic N) is 2.